The fourth-order valence-corrected chi connectivity index (χ4v) is 5.03. The first kappa shape index (κ1) is 24.5. The summed E-state index contributed by atoms with van der Waals surface area (Å²) in [5.41, 5.74) is 1.53. The third kappa shape index (κ3) is 6.35. The number of rotatable bonds is 9. The molecule has 1 atom stereocenters. The number of hydrogen-bond donors (Lipinski definition) is 4. The fraction of sp³-hybridized carbons (Fsp3) is 0.652. The molecular weight excluding hydrogens is 402 g/mol. The van der Waals surface area contributed by atoms with E-state index in [-0.39, 0.29) is 18.7 Å². The Morgan fingerprint density at radius 2 is 1.93 bits per heavy atom. The van der Waals surface area contributed by atoms with Gasteiger partial charge in [-0.25, -0.2) is 0 Å². The van der Waals surface area contributed by atoms with Crippen molar-refractivity contribution in [2.75, 3.05) is 25.0 Å². The average molecular weight is 438 g/mol. The lowest BCUT2D eigenvalue weighted by atomic mass is 9.62. The summed E-state index contributed by atoms with van der Waals surface area (Å²) in [4.78, 5) is 23.6. The Balaban J connectivity index is 0.00000320. The van der Waals surface area contributed by atoms with Crippen LogP contribution < -0.4 is 16.0 Å². The SMILES string of the molecule is C.CC(NCCNc1ccc(Cl)c(C(=O)NCC23CCCC(CCC2)C3)c1)C(=O)O. The number of amides is 1. The second-order valence-electron chi connectivity index (χ2n) is 8.67. The molecule has 2 saturated carbocycles. The van der Waals surface area contributed by atoms with Gasteiger partial charge in [0.15, 0.2) is 0 Å². The first-order valence-corrected chi connectivity index (χ1v) is 11.0. The Morgan fingerprint density at radius 1 is 1.23 bits per heavy atom. The van der Waals surface area contributed by atoms with Gasteiger partial charge in [0.05, 0.1) is 10.6 Å². The summed E-state index contributed by atoms with van der Waals surface area (Å²) in [6.45, 7) is 3.38. The maximum absolute atomic E-state index is 12.8. The molecular formula is C23H36ClN3O3. The van der Waals surface area contributed by atoms with Crippen molar-refractivity contribution in [1.82, 2.24) is 10.6 Å². The summed E-state index contributed by atoms with van der Waals surface area (Å²) in [6.07, 6.45) is 8.89. The Kier molecular flexibility index (Phi) is 8.98. The van der Waals surface area contributed by atoms with Crippen molar-refractivity contribution in [3.05, 3.63) is 28.8 Å². The molecule has 2 aliphatic carbocycles. The van der Waals surface area contributed by atoms with Gasteiger partial charge in [-0.05, 0) is 55.7 Å². The zero-order chi connectivity index (χ0) is 20.9. The van der Waals surface area contributed by atoms with Gasteiger partial charge < -0.3 is 21.1 Å². The zero-order valence-electron chi connectivity index (χ0n) is 17.1. The highest BCUT2D eigenvalue weighted by molar-refractivity contribution is 6.34. The van der Waals surface area contributed by atoms with E-state index in [1.54, 1.807) is 19.1 Å². The average Bonchev–Trinajstić information content (AvgIpc) is 2.70. The molecule has 1 amide bonds. The quantitative estimate of drug-likeness (QED) is 0.426. The molecule has 0 radical (unpaired) electrons. The number of carbonyl (C=O) groups excluding carboxylic acids is 1. The van der Waals surface area contributed by atoms with Gasteiger partial charge in [-0.2, -0.15) is 0 Å². The van der Waals surface area contributed by atoms with Gasteiger partial charge in [0.25, 0.3) is 5.91 Å². The van der Waals surface area contributed by atoms with Crippen molar-refractivity contribution >= 4 is 29.2 Å². The number of carboxylic acids is 1. The molecule has 3 rings (SSSR count). The molecule has 2 aliphatic rings. The summed E-state index contributed by atoms with van der Waals surface area (Å²) >= 11 is 6.29. The standard InChI is InChI=1S/C22H32ClN3O3.CH4/c1-15(21(28)29)24-10-11-25-17-6-7-19(23)18(12-17)20(27)26-14-22-8-2-4-16(13-22)5-3-9-22;/h6-7,12,15-16,24-25H,2-5,8-11,13-14H2,1H3,(H,26,27)(H,28,29);1H4. The Bertz CT molecular complexity index is 730. The third-order valence-corrected chi connectivity index (χ3v) is 6.80. The molecule has 0 saturated heterocycles. The Hall–Kier alpha value is -1.79. The van der Waals surface area contributed by atoms with Crippen LogP contribution >= 0.6 is 11.6 Å². The predicted molar refractivity (Wildman–Crippen MR) is 122 cm³/mol. The minimum Gasteiger partial charge on any atom is -0.480 e. The number of carboxylic acid groups (broad SMARTS) is 1. The van der Waals surface area contributed by atoms with Crippen LogP contribution in [-0.2, 0) is 4.79 Å². The van der Waals surface area contributed by atoms with Crippen LogP contribution in [0.15, 0.2) is 18.2 Å². The molecule has 30 heavy (non-hydrogen) atoms. The number of halogens is 1. The van der Waals surface area contributed by atoms with Crippen LogP contribution in [0.3, 0.4) is 0 Å². The number of carbonyl (C=O) groups is 2. The summed E-state index contributed by atoms with van der Waals surface area (Å²) in [6, 6.07) is 4.72. The molecule has 168 valence electrons. The summed E-state index contributed by atoms with van der Waals surface area (Å²) in [7, 11) is 0. The van der Waals surface area contributed by atoms with Crippen LogP contribution in [0.2, 0.25) is 5.02 Å². The number of hydrogen-bond acceptors (Lipinski definition) is 4. The molecule has 0 heterocycles. The minimum atomic E-state index is -0.878. The highest BCUT2D eigenvalue weighted by atomic mass is 35.5. The van der Waals surface area contributed by atoms with E-state index in [4.69, 9.17) is 16.7 Å². The molecule has 0 aromatic heterocycles. The lowest BCUT2D eigenvalue weighted by Gasteiger charge is -2.45. The van der Waals surface area contributed by atoms with Crippen LogP contribution in [0.1, 0.15) is 69.7 Å². The molecule has 1 aromatic rings. The second kappa shape index (κ2) is 11.0. The molecule has 7 heteroatoms. The van der Waals surface area contributed by atoms with E-state index in [1.165, 1.54) is 44.9 Å². The Morgan fingerprint density at radius 3 is 2.60 bits per heavy atom. The van der Waals surface area contributed by atoms with Crippen LogP contribution in [0.25, 0.3) is 0 Å². The van der Waals surface area contributed by atoms with Crippen molar-refractivity contribution < 1.29 is 14.7 Å². The van der Waals surface area contributed by atoms with Crippen molar-refractivity contribution in [3.8, 4) is 0 Å². The van der Waals surface area contributed by atoms with E-state index in [1.807, 2.05) is 6.07 Å². The van der Waals surface area contributed by atoms with Crippen LogP contribution in [0.4, 0.5) is 5.69 Å². The monoisotopic (exact) mass is 437 g/mol. The van der Waals surface area contributed by atoms with Gasteiger partial charge in [0.2, 0.25) is 0 Å². The molecule has 0 spiro atoms. The van der Waals surface area contributed by atoms with Crippen molar-refractivity contribution in [1.29, 1.82) is 0 Å². The number of aliphatic carboxylic acids is 1. The first-order valence-electron chi connectivity index (χ1n) is 10.7. The smallest absolute Gasteiger partial charge is 0.320 e. The van der Waals surface area contributed by atoms with Crippen LogP contribution in [0, 0.1) is 11.3 Å². The summed E-state index contributed by atoms with van der Waals surface area (Å²) in [5, 5.41) is 18.6. The normalized spacial score (nSPS) is 23.7. The molecule has 6 nitrogen and oxygen atoms in total. The zero-order valence-corrected chi connectivity index (χ0v) is 17.9. The number of fused-ring (bicyclic) bond motifs is 2. The highest BCUT2D eigenvalue weighted by Crippen LogP contribution is 2.48. The van der Waals surface area contributed by atoms with Crippen LogP contribution in [-0.4, -0.2) is 42.7 Å². The predicted octanol–water partition coefficient (Wildman–Crippen LogP) is 4.54. The minimum absolute atomic E-state index is 0. The van der Waals surface area contributed by atoms with Crippen molar-refractivity contribution in [2.45, 2.75) is 65.3 Å². The Labute approximate surface area is 185 Å². The van der Waals surface area contributed by atoms with E-state index >= 15 is 0 Å². The van der Waals surface area contributed by atoms with E-state index in [0.717, 1.165) is 18.2 Å². The van der Waals surface area contributed by atoms with Gasteiger partial charge in [-0.15, -0.1) is 0 Å². The fourth-order valence-electron chi connectivity index (χ4n) is 4.83. The molecule has 0 aliphatic heterocycles. The number of anilines is 1. The molecule has 1 aromatic carbocycles. The lowest BCUT2D eigenvalue weighted by molar-refractivity contribution is -0.138. The molecule has 2 fully saturated rings. The van der Waals surface area contributed by atoms with E-state index in [9.17, 15) is 9.59 Å². The topological polar surface area (TPSA) is 90.5 Å². The van der Waals surface area contributed by atoms with Gasteiger partial charge in [0, 0.05) is 25.3 Å². The van der Waals surface area contributed by atoms with E-state index in [2.05, 4.69) is 16.0 Å². The largest absolute Gasteiger partial charge is 0.480 e. The number of benzene rings is 1. The van der Waals surface area contributed by atoms with Gasteiger partial charge in [-0.3, -0.25) is 9.59 Å². The molecule has 1 unspecified atom stereocenters. The summed E-state index contributed by atoms with van der Waals surface area (Å²) in [5.74, 6) is -0.168. The highest BCUT2D eigenvalue weighted by Gasteiger charge is 2.39. The molecule has 4 N–H and O–H groups in total. The van der Waals surface area contributed by atoms with Gasteiger partial charge in [0.1, 0.15) is 6.04 Å². The van der Waals surface area contributed by atoms with Crippen molar-refractivity contribution in [2.24, 2.45) is 11.3 Å². The molecule has 2 bridgehead atoms. The van der Waals surface area contributed by atoms with Crippen LogP contribution in [0.5, 0.6) is 0 Å². The van der Waals surface area contributed by atoms with Crippen molar-refractivity contribution in [3.63, 3.8) is 0 Å². The maximum atomic E-state index is 12.8. The second-order valence-corrected chi connectivity index (χ2v) is 9.08. The van der Waals surface area contributed by atoms with E-state index in [0.29, 0.717) is 23.7 Å². The van der Waals surface area contributed by atoms with E-state index < -0.39 is 12.0 Å². The summed E-state index contributed by atoms with van der Waals surface area (Å²) < 4.78 is 0. The third-order valence-electron chi connectivity index (χ3n) is 6.47. The first-order chi connectivity index (χ1) is 13.9. The number of nitrogens with one attached hydrogen (secondary N) is 3. The maximum Gasteiger partial charge on any atom is 0.320 e. The van der Waals surface area contributed by atoms with Gasteiger partial charge >= 0.3 is 5.97 Å². The van der Waals surface area contributed by atoms with Gasteiger partial charge in [-0.1, -0.05) is 44.7 Å². The lowest BCUT2D eigenvalue weighted by Crippen LogP contribution is -2.43.